The number of benzene rings is 3. The molecule has 0 atom stereocenters. The fraction of sp³-hybridized carbons (Fsp3) is 0.0417. The second-order valence-electron chi connectivity index (χ2n) is 6.52. The van der Waals surface area contributed by atoms with E-state index < -0.39 is 11.8 Å². The SMILES string of the molecule is COc1ccccc1C=C(C(=O)Nc1cccc(NC(=O)C(N)=O)c1)c1ccccc1. The Morgan fingerprint density at radius 3 is 2.06 bits per heavy atom. The summed E-state index contributed by atoms with van der Waals surface area (Å²) in [5.41, 5.74) is 7.64. The summed E-state index contributed by atoms with van der Waals surface area (Å²) in [6.45, 7) is 0. The minimum atomic E-state index is -1.10. The monoisotopic (exact) mass is 415 g/mol. The van der Waals surface area contributed by atoms with Gasteiger partial charge in [0.15, 0.2) is 0 Å². The van der Waals surface area contributed by atoms with Gasteiger partial charge in [-0.25, -0.2) is 0 Å². The van der Waals surface area contributed by atoms with E-state index in [1.54, 1.807) is 31.4 Å². The molecular weight excluding hydrogens is 394 g/mol. The number of amides is 3. The topological polar surface area (TPSA) is 111 Å². The number of methoxy groups -OCH3 is 1. The Morgan fingerprint density at radius 1 is 0.806 bits per heavy atom. The van der Waals surface area contributed by atoms with E-state index in [2.05, 4.69) is 10.6 Å². The molecule has 0 saturated heterocycles. The Kier molecular flexibility index (Phi) is 6.80. The number of primary amides is 1. The van der Waals surface area contributed by atoms with E-state index in [9.17, 15) is 14.4 Å². The van der Waals surface area contributed by atoms with E-state index in [-0.39, 0.29) is 5.91 Å². The number of carbonyl (C=O) groups is 3. The van der Waals surface area contributed by atoms with E-state index in [1.807, 2.05) is 54.6 Å². The normalized spacial score (nSPS) is 10.8. The van der Waals surface area contributed by atoms with Gasteiger partial charge in [-0.05, 0) is 35.9 Å². The van der Waals surface area contributed by atoms with Crippen molar-refractivity contribution in [2.75, 3.05) is 17.7 Å². The summed E-state index contributed by atoms with van der Waals surface area (Å²) in [5.74, 6) is -1.75. The van der Waals surface area contributed by atoms with Crippen LogP contribution in [0, 0.1) is 0 Å². The summed E-state index contributed by atoms with van der Waals surface area (Å²) in [6.07, 6.45) is 1.75. The maximum absolute atomic E-state index is 13.2. The van der Waals surface area contributed by atoms with E-state index >= 15 is 0 Å². The van der Waals surface area contributed by atoms with Crippen LogP contribution in [0.5, 0.6) is 5.75 Å². The van der Waals surface area contributed by atoms with Crippen molar-refractivity contribution in [1.82, 2.24) is 0 Å². The molecule has 7 heteroatoms. The second kappa shape index (κ2) is 9.89. The molecule has 0 saturated carbocycles. The predicted octanol–water partition coefficient (Wildman–Crippen LogP) is 3.30. The second-order valence-corrected chi connectivity index (χ2v) is 6.52. The van der Waals surface area contributed by atoms with Crippen LogP contribution in [0.15, 0.2) is 78.9 Å². The predicted molar refractivity (Wildman–Crippen MR) is 120 cm³/mol. The summed E-state index contributed by atoms with van der Waals surface area (Å²) >= 11 is 0. The number of hydrogen-bond donors (Lipinski definition) is 3. The van der Waals surface area contributed by atoms with Crippen LogP contribution < -0.4 is 21.1 Å². The number of anilines is 2. The lowest BCUT2D eigenvalue weighted by Crippen LogP contribution is -2.29. The molecule has 0 aromatic heterocycles. The highest BCUT2D eigenvalue weighted by atomic mass is 16.5. The van der Waals surface area contributed by atoms with Gasteiger partial charge in [0.2, 0.25) is 0 Å². The molecule has 0 aliphatic rings. The first-order valence-electron chi connectivity index (χ1n) is 9.40. The molecule has 0 fully saturated rings. The van der Waals surface area contributed by atoms with Gasteiger partial charge in [0.05, 0.1) is 7.11 Å². The van der Waals surface area contributed by atoms with Crippen molar-refractivity contribution in [2.24, 2.45) is 5.73 Å². The van der Waals surface area contributed by atoms with Gasteiger partial charge in [-0.1, -0.05) is 54.6 Å². The van der Waals surface area contributed by atoms with Crippen LogP contribution >= 0.6 is 0 Å². The van der Waals surface area contributed by atoms with Crippen LogP contribution in [0.4, 0.5) is 11.4 Å². The van der Waals surface area contributed by atoms with Crippen LogP contribution in [0.3, 0.4) is 0 Å². The first kappa shape index (κ1) is 21.3. The molecule has 0 aliphatic carbocycles. The fourth-order valence-corrected chi connectivity index (χ4v) is 2.90. The van der Waals surface area contributed by atoms with Crippen LogP contribution in [-0.4, -0.2) is 24.8 Å². The van der Waals surface area contributed by atoms with Gasteiger partial charge in [0.1, 0.15) is 5.75 Å². The molecule has 4 N–H and O–H groups in total. The van der Waals surface area contributed by atoms with Gasteiger partial charge in [0, 0.05) is 22.5 Å². The molecule has 0 bridgehead atoms. The van der Waals surface area contributed by atoms with Gasteiger partial charge in [-0.2, -0.15) is 0 Å². The quantitative estimate of drug-likeness (QED) is 0.326. The van der Waals surface area contributed by atoms with Crippen molar-refractivity contribution in [2.45, 2.75) is 0 Å². The summed E-state index contributed by atoms with van der Waals surface area (Å²) in [7, 11) is 1.57. The number of hydrogen-bond acceptors (Lipinski definition) is 4. The largest absolute Gasteiger partial charge is 0.496 e. The van der Waals surface area contributed by atoms with Crippen molar-refractivity contribution in [3.05, 3.63) is 90.0 Å². The number of ether oxygens (including phenoxy) is 1. The standard InChI is InChI=1S/C24H21N3O4/c1-31-21-13-6-5-10-17(21)14-20(16-8-3-2-4-9-16)23(29)26-18-11-7-12-19(15-18)27-24(30)22(25)28/h2-15H,1H3,(H2,25,28)(H,26,29)(H,27,30). The third kappa shape index (κ3) is 5.57. The molecule has 0 spiro atoms. The van der Waals surface area contributed by atoms with Gasteiger partial charge in [0.25, 0.3) is 5.91 Å². The number of rotatable bonds is 6. The summed E-state index contributed by atoms with van der Waals surface area (Å²) < 4.78 is 5.40. The number of nitrogens with one attached hydrogen (secondary N) is 2. The zero-order valence-electron chi connectivity index (χ0n) is 16.8. The highest BCUT2D eigenvalue weighted by molar-refractivity contribution is 6.39. The van der Waals surface area contributed by atoms with Crippen LogP contribution in [-0.2, 0) is 14.4 Å². The van der Waals surface area contributed by atoms with E-state index in [1.165, 1.54) is 6.07 Å². The van der Waals surface area contributed by atoms with Crippen molar-refractivity contribution < 1.29 is 19.1 Å². The van der Waals surface area contributed by atoms with E-state index in [0.29, 0.717) is 22.7 Å². The average molecular weight is 415 g/mol. The Labute approximate surface area is 179 Å². The van der Waals surface area contributed by atoms with Crippen molar-refractivity contribution >= 4 is 40.7 Å². The Morgan fingerprint density at radius 2 is 1.42 bits per heavy atom. The van der Waals surface area contributed by atoms with Gasteiger partial charge >= 0.3 is 11.8 Å². The van der Waals surface area contributed by atoms with Gasteiger partial charge < -0.3 is 21.1 Å². The summed E-state index contributed by atoms with van der Waals surface area (Å²) in [5, 5.41) is 5.20. The highest BCUT2D eigenvalue weighted by Crippen LogP contribution is 2.26. The average Bonchev–Trinajstić information content (AvgIpc) is 2.78. The Bertz CT molecular complexity index is 1140. The number of carbonyl (C=O) groups excluding carboxylic acids is 3. The van der Waals surface area contributed by atoms with Crippen molar-refractivity contribution in [1.29, 1.82) is 0 Å². The number of para-hydroxylation sites is 1. The molecule has 0 unspecified atom stereocenters. The maximum Gasteiger partial charge on any atom is 0.313 e. The lowest BCUT2D eigenvalue weighted by atomic mass is 10.0. The molecule has 3 rings (SSSR count). The molecule has 0 aliphatic heterocycles. The number of nitrogens with two attached hydrogens (primary N) is 1. The Balaban J connectivity index is 1.92. The first-order valence-corrected chi connectivity index (χ1v) is 9.40. The zero-order valence-corrected chi connectivity index (χ0v) is 16.8. The van der Waals surface area contributed by atoms with Crippen molar-refractivity contribution in [3.8, 4) is 5.75 Å². The molecule has 0 heterocycles. The van der Waals surface area contributed by atoms with Gasteiger partial charge in [-0.15, -0.1) is 0 Å². The summed E-state index contributed by atoms with van der Waals surface area (Å²) in [4.78, 5) is 35.6. The lowest BCUT2D eigenvalue weighted by molar-refractivity contribution is -0.134. The van der Waals surface area contributed by atoms with Crippen molar-refractivity contribution in [3.63, 3.8) is 0 Å². The summed E-state index contributed by atoms with van der Waals surface area (Å²) in [6, 6.07) is 23.0. The van der Waals surface area contributed by atoms with E-state index in [0.717, 1.165) is 11.1 Å². The third-order valence-corrected chi connectivity index (χ3v) is 4.37. The maximum atomic E-state index is 13.2. The molecule has 156 valence electrons. The lowest BCUT2D eigenvalue weighted by Gasteiger charge is -2.12. The minimum Gasteiger partial charge on any atom is -0.496 e. The van der Waals surface area contributed by atoms with Gasteiger partial charge in [-0.3, -0.25) is 14.4 Å². The molecule has 0 radical (unpaired) electrons. The molecule has 3 aromatic carbocycles. The third-order valence-electron chi connectivity index (χ3n) is 4.37. The molecule has 3 amide bonds. The first-order chi connectivity index (χ1) is 15.0. The molecular formula is C24H21N3O4. The highest BCUT2D eigenvalue weighted by Gasteiger charge is 2.15. The van der Waals surface area contributed by atoms with Crippen LogP contribution in [0.1, 0.15) is 11.1 Å². The zero-order chi connectivity index (χ0) is 22.2. The van der Waals surface area contributed by atoms with Crippen LogP contribution in [0.2, 0.25) is 0 Å². The van der Waals surface area contributed by atoms with Crippen LogP contribution in [0.25, 0.3) is 11.6 Å². The molecule has 3 aromatic rings. The minimum absolute atomic E-state index is 0.330. The Hall–Kier alpha value is -4.39. The fourth-order valence-electron chi connectivity index (χ4n) is 2.90. The van der Waals surface area contributed by atoms with E-state index in [4.69, 9.17) is 10.5 Å². The molecule has 7 nitrogen and oxygen atoms in total. The molecule has 31 heavy (non-hydrogen) atoms. The smallest absolute Gasteiger partial charge is 0.313 e.